The Morgan fingerprint density at radius 3 is 2.93 bits per heavy atom. The van der Waals surface area contributed by atoms with E-state index >= 15 is 0 Å². The largest absolute Gasteiger partial charge is 0.483 e. The van der Waals surface area contributed by atoms with Gasteiger partial charge in [0.25, 0.3) is 5.91 Å². The van der Waals surface area contributed by atoms with Gasteiger partial charge in [-0.05, 0) is 24.6 Å². The highest BCUT2D eigenvalue weighted by Crippen LogP contribution is 2.39. The highest BCUT2D eigenvalue weighted by molar-refractivity contribution is 5.99. The molecule has 1 fully saturated rings. The molecule has 2 aliphatic rings. The van der Waals surface area contributed by atoms with Crippen molar-refractivity contribution in [1.82, 2.24) is 24.9 Å². The van der Waals surface area contributed by atoms with Gasteiger partial charge in [0.15, 0.2) is 17.2 Å². The number of nitrogens with zero attached hydrogens (tertiary/aromatic N) is 4. The van der Waals surface area contributed by atoms with Crippen molar-refractivity contribution in [1.29, 1.82) is 0 Å². The number of piperidine rings is 1. The lowest BCUT2D eigenvalue weighted by atomic mass is 9.83. The molecular formula is C22H25N5O3. The first-order chi connectivity index (χ1) is 14.6. The summed E-state index contributed by atoms with van der Waals surface area (Å²) < 4.78 is 8.13. The van der Waals surface area contributed by atoms with E-state index in [0.29, 0.717) is 49.4 Å². The topological polar surface area (TPSA) is 93.1 Å². The van der Waals surface area contributed by atoms with Gasteiger partial charge in [0.1, 0.15) is 5.60 Å². The molecule has 1 saturated heterocycles. The molecule has 0 saturated carbocycles. The van der Waals surface area contributed by atoms with Crippen LogP contribution in [0.15, 0.2) is 30.6 Å². The summed E-state index contributed by atoms with van der Waals surface area (Å²) in [7, 11) is 0. The van der Waals surface area contributed by atoms with Crippen molar-refractivity contribution in [3.05, 3.63) is 41.9 Å². The number of Topliss-reactive ketones (excluding diaryl/α,β-unsaturated/α-hetero) is 1. The number of aromatic amines is 1. The zero-order chi connectivity index (χ0) is 20.7. The number of fused-ring (bicyclic) bond motifs is 2. The number of hydrogen-bond donors (Lipinski definition) is 1. The molecule has 4 heterocycles. The first-order valence-corrected chi connectivity index (χ1v) is 10.6. The normalized spacial score (nSPS) is 17.9. The number of unbranched alkanes of at least 4 members (excludes halogenated alkanes) is 1. The number of ether oxygens (including phenoxy) is 1. The van der Waals surface area contributed by atoms with Crippen LogP contribution in [-0.4, -0.2) is 55.3 Å². The highest BCUT2D eigenvalue weighted by atomic mass is 16.5. The van der Waals surface area contributed by atoms with E-state index in [4.69, 9.17) is 4.74 Å². The summed E-state index contributed by atoms with van der Waals surface area (Å²) in [6, 6.07) is 5.57. The van der Waals surface area contributed by atoms with E-state index in [0.717, 1.165) is 30.3 Å². The van der Waals surface area contributed by atoms with Crippen molar-refractivity contribution >= 4 is 22.6 Å². The van der Waals surface area contributed by atoms with Crippen molar-refractivity contribution in [3.8, 4) is 5.75 Å². The van der Waals surface area contributed by atoms with E-state index in [1.54, 1.807) is 6.20 Å². The van der Waals surface area contributed by atoms with Gasteiger partial charge in [-0.25, -0.2) is 0 Å². The number of hydrogen-bond acceptors (Lipinski definition) is 5. The molecule has 0 aliphatic carbocycles. The summed E-state index contributed by atoms with van der Waals surface area (Å²) in [5.74, 6) is 0.632. The Hall–Kier alpha value is -3.16. The number of carbonyl (C=O) groups is 2. The molecular weight excluding hydrogens is 382 g/mol. The van der Waals surface area contributed by atoms with Crippen LogP contribution in [-0.2, 0) is 6.54 Å². The van der Waals surface area contributed by atoms with Gasteiger partial charge in [-0.1, -0.05) is 13.3 Å². The molecule has 0 radical (unpaired) electrons. The fraction of sp³-hybridized carbons (Fsp3) is 0.455. The molecule has 1 amide bonds. The second-order valence-electron chi connectivity index (χ2n) is 8.31. The maximum Gasteiger partial charge on any atom is 0.253 e. The van der Waals surface area contributed by atoms with E-state index in [-0.39, 0.29) is 11.7 Å². The molecule has 0 unspecified atom stereocenters. The highest BCUT2D eigenvalue weighted by Gasteiger charge is 2.45. The van der Waals surface area contributed by atoms with Crippen molar-refractivity contribution in [3.63, 3.8) is 0 Å². The fourth-order valence-corrected chi connectivity index (χ4v) is 4.41. The smallest absolute Gasteiger partial charge is 0.253 e. The third-order valence-electron chi connectivity index (χ3n) is 6.19. The summed E-state index contributed by atoms with van der Waals surface area (Å²) in [5, 5.41) is 12.2. The fourth-order valence-electron chi connectivity index (χ4n) is 4.41. The lowest BCUT2D eigenvalue weighted by Gasteiger charge is -2.43. The summed E-state index contributed by atoms with van der Waals surface area (Å²) in [4.78, 5) is 27.6. The second-order valence-corrected chi connectivity index (χ2v) is 8.31. The second kappa shape index (κ2) is 7.27. The van der Waals surface area contributed by atoms with Crippen molar-refractivity contribution in [2.75, 3.05) is 13.1 Å². The van der Waals surface area contributed by atoms with Crippen LogP contribution in [0.2, 0.25) is 0 Å². The molecule has 0 atom stereocenters. The quantitative estimate of drug-likeness (QED) is 0.717. The molecule has 1 spiro atoms. The molecule has 156 valence electrons. The maximum atomic E-state index is 13.0. The Balaban J connectivity index is 1.28. The monoisotopic (exact) mass is 407 g/mol. The first kappa shape index (κ1) is 18.8. The number of ketones is 1. The average Bonchev–Trinajstić information content (AvgIpc) is 3.38. The zero-order valence-electron chi connectivity index (χ0n) is 17.1. The minimum atomic E-state index is -0.534. The van der Waals surface area contributed by atoms with Gasteiger partial charge in [-0.15, -0.1) is 0 Å². The van der Waals surface area contributed by atoms with Crippen molar-refractivity contribution < 1.29 is 14.3 Å². The molecule has 0 bridgehead atoms. The first-order valence-electron chi connectivity index (χ1n) is 10.6. The Labute approximate surface area is 174 Å². The Morgan fingerprint density at radius 1 is 1.30 bits per heavy atom. The lowest BCUT2D eigenvalue weighted by molar-refractivity contribution is -0.00583. The minimum absolute atomic E-state index is 0.00293. The summed E-state index contributed by atoms with van der Waals surface area (Å²) in [5.41, 5.74) is 1.48. The molecule has 2 aliphatic heterocycles. The van der Waals surface area contributed by atoms with Gasteiger partial charge in [-0.3, -0.25) is 19.4 Å². The van der Waals surface area contributed by atoms with Gasteiger partial charge >= 0.3 is 0 Å². The lowest BCUT2D eigenvalue weighted by Crippen LogP contribution is -2.52. The molecule has 1 N–H and O–H groups in total. The van der Waals surface area contributed by atoms with Crippen LogP contribution in [0, 0.1) is 0 Å². The molecule has 30 heavy (non-hydrogen) atoms. The molecule has 3 aromatic rings. The summed E-state index contributed by atoms with van der Waals surface area (Å²) in [6.45, 7) is 4.04. The third-order valence-corrected chi connectivity index (χ3v) is 6.19. The van der Waals surface area contributed by atoms with E-state index in [2.05, 4.69) is 22.2 Å². The standard InChI is InChI=1S/C22H25N5O3/c1-2-3-8-27-14-19-20(25-27)18(28)12-22(30-19)6-9-26(10-7-22)21(29)15-4-5-17-16(11-15)13-23-24-17/h4-5,11,13-14H,2-3,6-10,12H2,1H3,(H,23,24). The molecule has 2 aromatic heterocycles. The van der Waals surface area contributed by atoms with Crippen molar-refractivity contribution in [2.45, 2.75) is 51.2 Å². The molecule has 8 heteroatoms. The predicted molar refractivity (Wildman–Crippen MR) is 111 cm³/mol. The Morgan fingerprint density at radius 2 is 2.13 bits per heavy atom. The van der Waals surface area contributed by atoms with Gasteiger partial charge < -0.3 is 9.64 Å². The Kier molecular flexibility index (Phi) is 4.56. The minimum Gasteiger partial charge on any atom is -0.483 e. The number of aryl methyl sites for hydroxylation is 1. The maximum absolute atomic E-state index is 13.0. The van der Waals surface area contributed by atoms with E-state index in [1.165, 1.54) is 0 Å². The number of H-pyrrole nitrogens is 1. The number of carbonyl (C=O) groups excluding carboxylic acids is 2. The molecule has 5 rings (SSSR count). The van der Waals surface area contributed by atoms with Gasteiger partial charge in [-0.2, -0.15) is 10.2 Å². The van der Waals surface area contributed by atoms with E-state index in [1.807, 2.05) is 34.0 Å². The van der Waals surface area contributed by atoms with Gasteiger partial charge in [0, 0.05) is 43.4 Å². The zero-order valence-corrected chi connectivity index (χ0v) is 17.1. The number of benzene rings is 1. The third kappa shape index (κ3) is 3.26. The number of aromatic nitrogens is 4. The number of likely N-dealkylation sites (tertiary alicyclic amines) is 1. The average molecular weight is 407 g/mol. The molecule has 8 nitrogen and oxygen atoms in total. The van der Waals surface area contributed by atoms with Crippen LogP contribution in [0.25, 0.3) is 10.9 Å². The van der Waals surface area contributed by atoms with Crippen LogP contribution >= 0.6 is 0 Å². The van der Waals surface area contributed by atoms with Gasteiger partial charge in [0.05, 0.1) is 24.3 Å². The van der Waals surface area contributed by atoms with Crippen LogP contribution in [0.5, 0.6) is 5.75 Å². The SMILES string of the molecule is CCCCn1cc2c(n1)C(=O)CC1(CCN(C(=O)c3ccc4[nH]ncc4c3)CC1)O2. The van der Waals surface area contributed by atoms with Crippen LogP contribution in [0.1, 0.15) is 59.9 Å². The van der Waals surface area contributed by atoms with Crippen LogP contribution < -0.4 is 4.74 Å². The van der Waals surface area contributed by atoms with Crippen LogP contribution in [0.3, 0.4) is 0 Å². The number of rotatable bonds is 4. The van der Waals surface area contributed by atoms with Crippen molar-refractivity contribution in [2.24, 2.45) is 0 Å². The number of amides is 1. The van der Waals surface area contributed by atoms with E-state index in [9.17, 15) is 9.59 Å². The molecule has 1 aromatic carbocycles. The van der Waals surface area contributed by atoms with E-state index < -0.39 is 5.60 Å². The Bertz CT molecular complexity index is 1110. The summed E-state index contributed by atoms with van der Waals surface area (Å²) >= 11 is 0. The van der Waals surface area contributed by atoms with Gasteiger partial charge in [0.2, 0.25) is 0 Å². The summed E-state index contributed by atoms with van der Waals surface area (Å²) in [6.07, 6.45) is 7.25. The van der Waals surface area contributed by atoms with Crippen LogP contribution in [0.4, 0.5) is 0 Å². The predicted octanol–water partition coefficient (Wildman–Crippen LogP) is 3.20. The number of nitrogens with one attached hydrogen (secondary N) is 1.